The number of piperidine rings is 1. The molecule has 2 aromatic carbocycles. The monoisotopic (exact) mass is 470 g/mol. The standard InChI is InChI=1S/C26H34N2O6/c1-4-31-21-13-11-20(17-24(21)33-6-3)27-26(30)19-10-12-22(23(16-19)32-5-2)34-18-25(29)28-14-8-7-9-15-28/h10-13,16-17H,4-9,14-15,18H2,1-3H3,(H,27,30). The normalized spacial score (nSPS) is 13.2. The number of ether oxygens (including phenoxy) is 4. The molecule has 0 aliphatic carbocycles. The van der Waals surface area contributed by atoms with Gasteiger partial charge in [0.1, 0.15) is 0 Å². The molecule has 1 aliphatic heterocycles. The van der Waals surface area contributed by atoms with Crippen LogP contribution in [0.1, 0.15) is 50.4 Å². The van der Waals surface area contributed by atoms with E-state index in [1.165, 1.54) is 0 Å². The molecule has 0 unspecified atom stereocenters. The van der Waals surface area contributed by atoms with Crippen molar-refractivity contribution >= 4 is 17.5 Å². The second kappa shape index (κ2) is 12.7. The first-order chi connectivity index (χ1) is 16.5. The van der Waals surface area contributed by atoms with Crippen LogP contribution in [-0.2, 0) is 4.79 Å². The molecule has 1 saturated heterocycles. The highest BCUT2D eigenvalue weighted by molar-refractivity contribution is 6.04. The summed E-state index contributed by atoms with van der Waals surface area (Å²) in [5, 5.41) is 2.88. The van der Waals surface area contributed by atoms with Crippen LogP contribution in [0.5, 0.6) is 23.0 Å². The van der Waals surface area contributed by atoms with Gasteiger partial charge in [-0.15, -0.1) is 0 Å². The Morgan fingerprint density at radius 3 is 2.03 bits per heavy atom. The maximum absolute atomic E-state index is 12.9. The lowest BCUT2D eigenvalue weighted by Crippen LogP contribution is -2.38. The van der Waals surface area contributed by atoms with Crippen LogP contribution < -0.4 is 24.3 Å². The first kappa shape index (κ1) is 25.2. The van der Waals surface area contributed by atoms with Crippen LogP contribution >= 0.6 is 0 Å². The van der Waals surface area contributed by atoms with Gasteiger partial charge in [-0.3, -0.25) is 9.59 Å². The molecule has 0 radical (unpaired) electrons. The largest absolute Gasteiger partial charge is 0.490 e. The van der Waals surface area contributed by atoms with Crippen LogP contribution in [-0.4, -0.2) is 56.2 Å². The first-order valence-electron chi connectivity index (χ1n) is 11.9. The molecule has 8 nitrogen and oxygen atoms in total. The molecule has 1 N–H and O–H groups in total. The van der Waals surface area contributed by atoms with Crippen LogP contribution in [0.25, 0.3) is 0 Å². The van der Waals surface area contributed by atoms with Gasteiger partial charge in [-0.25, -0.2) is 0 Å². The molecule has 0 saturated carbocycles. The van der Waals surface area contributed by atoms with Gasteiger partial charge in [0.15, 0.2) is 29.6 Å². The van der Waals surface area contributed by atoms with E-state index in [0.29, 0.717) is 54.1 Å². The molecule has 0 aromatic heterocycles. The number of carbonyl (C=O) groups is 2. The summed E-state index contributed by atoms with van der Waals surface area (Å²) in [5.41, 5.74) is 0.993. The molecular weight excluding hydrogens is 436 g/mol. The Hall–Kier alpha value is -3.42. The van der Waals surface area contributed by atoms with Crippen molar-refractivity contribution in [2.24, 2.45) is 0 Å². The molecule has 0 bridgehead atoms. The van der Waals surface area contributed by atoms with Gasteiger partial charge >= 0.3 is 0 Å². The van der Waals surface area contributed by atoms with Gasteiger partial charge in [0, 0.05) is 30.4 Å². The van der Waals surface area contributed by atoms with Crippen LogP contribution in [0.15, 0.2) is 36.4 Å². The fourth-order valence-electron chi connectivity index (χ4n) is 3.74. The molecule has 34 heavy (non-hydrogen) atoms. The number of likely N-dealkylation sites (tertiary alicyclic amines) is 1. The second-order valence-corrected chi connectivity index (χ2v) is 7.81. The smallest absolute Gasteiger partial charge is 0.260 e. The molecule has 184 valence electrons. The Balaban J connectivity index is 1.69. The van der Waals surface area contributed by atoms with Gasteiger partial charge in [0.05, 0.1) is 19.8 Å². The minimum Gasteiger partial charge on any atom is -0.490 e. The van der Waals surface area contributed by atoms with Crippen molar-refractivity contribution in [2.45, 2.75) is 40.0 Å². The topological polar surface area (TPSA) is 86.3 Å². The van der Waals surface area contributed by atoms with Crippen molar-refractivity contribution in [2.75, 3.05) is 44.8 Å². The maximum atomic E-state index is 12.9. The van der Waals surface area contributed by atoms with Crippen molar-refractivity contribution in [1.82, 2.24) is 4.90 Å². The predicted molar refractivity (Wildman–Crippen MR) is 130 cm³/mol. The van der Waals surface area contributed by atoms with Crippen molar-refractivity contribution in [3.05, 3.63) is 42.0 Å². The summed E-state index contributed by atoms with van der Waals surface area (Å²) < 4.78 is 22.6. The molecule has 1 aliphatic rings. The highest BCUT2D eigenvalue weighted by Gasteiger charge is 2.19. The van der Waals surface area contributed by atoms with Crippen molar-refractivity contribution in [3.8, 4) is 23.0 Å². The summed E-state index contributed by atoms with van der Waals surface area (Å²) in [6.07, 6.45) is 3.21. The van der Waals surface area contributed by atoms with Gasteiger partial charge < -0.3 is 29.2 Å². The third-order valence-electron chi connectivity index (χ3n) is 5.37. The molecular formula is C26H34N2O6. The molecule has 8 heteroatoms. The number of benzene rings is 2. The Kier molecular flexibility index (Phi) is 9.43. The predicted octanol–water partition coefficient (Wildman–Crippen LogP) is 4.53. The lowest BCUT2D eigenvalue weighted by Gasteiger charge is -2.26. The first-order valence-corrected chi connectivity index (χ1v) is 11.9. The van der Waals surface area contributed by atoms with Gasteiger partial charge in [-0.2, -0.15) is 0 Å². The van der Waals surface area contributed by atoms with E-state index in [-0.39, 0.29) is 18.4 Å². The number of nitrogens with one attached hydrogen (secondary N) is 1. The number of rotatable bonds is 11. The van der Waals surface area contributed by atoms with Crippen LogP contribution in [0.2, 0.25) is 0 Å². The molecule has 0 spiro atoms. The Bertz CT molecular complexity index is 972. The maximum Gasteiger partial charge on any atom is 0.260 e. The summed E-state index contributed by atoms with van der Waals surface area (Å²) in [5.74, 6) is 1.71. The average molecular weight is 471 g/mol. The third kappa shape index (κ3) is 6.79. The van der Waals surface area contributed by atoms with Crippen LogP contribution in [0, 0.1) is 0 Å². The van der Waals surface area contributed by atoms with Gasteiger partial charge in [-0.1, -0.05) is 0 Å². The Morgan fingerprint density at radius 2 is 1.35 bits per heavy atom. The van der Waals surface area contributed by atoms with Crippen molar-refractivity contribution in [3.63, 3.8) is 0 Å². The van der Waals surface area contributed by atoms with E-state index in [9.17, 15) is 9.59 Å². The molecule has 2 aromatic rings. The van der Waals surface area contributed by atoms with Crippen molar-refractivity contribution in [1.29, 1.82) is 0 Å². The highest BCUT2D eigenvalue weighted by Crippen LogP contribution is 2.32. The lowest BCUT2D eigenvalue weighted by molar-refractivity contribution is -0.134. The number of hydrogen-bond donors (Lipinski definition) is 1. The zero-order valence-electron chi connectivity index (χ0n) is 20.2. The zero-order chi connectivity index (χ0) is 24.3. The van der Waals surface area contributed by atoms with Crippen molar-refractivity contribution < 1.29 is 28.5 Å². The van der Waals surface area contributed by atoms with E-state index < -0.39 is 0 Å². The fraction of sp³-hybridized carbons (Fsp3) is 0.462. The second-order valence-electron chi connectivity index (χ2n) is 7.81. The SMILES string of the molecule is CCOc1ccc(NC(=O)c2ccc(OCC(=O)N3CCCCC3)c(OCC)c2)cc1OCC. The highest BCUT2D eigenvalue weighted by atomic mass is 16.5. The lowest BCUT2D eigenvalue weighted by atomic mass is 10.1. The number of amides is 2. The minimum atomic E-state index is -0.302. The zero-order valence-corrected chi connectivity index (χ0v) is 20.2. The molecule has 1 heterocycles. The molecule has 0 atom stereocenters. The third-order valence-corrected chi connectivity index (χ3v) is 5.37. The summed E-state index contributed by atoms with van der Waals surface area (Å²) in [4.78, 5) is 27.2. The quantitative estimate of drug-likeness (QED) is 0.519. The Labute approximate surface area is 201 Å². The molecule has 1 fully saturated rings. The Morgan fingerprint density at radius 1 is 0.765 bits per heavy atom. The summed E-state index contributed by atoms with van der Waals surface area (Å²) in [7, 11) is 0. The molecule has 2 amide bonds. The fourth-order valence-corrected chi connectivity index (χ4v) is 3.74. The van der Waals surface area contributed by atoms with Gasteiger partial charge in [0.2, 0.25) is 0 Å². The number of hydrogen-bond acceptors (Lipinski definition) is 6. The van der Waals surface area contributed by atoms with Crippen LogP contribution in [0.4, 0.5) is 5.69 Å². The number of nitrogens with zero attached hydrogens (tertiary/aromatic N) is 1. The summed E-state index contributed by atoms with van der Waals surface area (Å²) in [6.45, 7) is 8.53. The van der Waals surface area contributed by atoms with E-state index >= 15 is 0 Å². The van der Waals surface area contributed by atoms with E-state index in [1.807, 2.05) is 25.7 Å². The summed E-state index contributed by atoms with van der Waals surface area (Å²) in [6, 6.07) is 10.2. The van der Waals surface area contributed by atoms with E-state index in [0.717, 1.165) is 32.4 Å². The van der Waals surface area contributed by atoms with Gasteiger partial charge in [0.25, 0.3) is 11.8 Å². The van der Waals surface area contributed by atoms with Crippen LogP contribution in [0.3, 0.4) is 0 Å². The number of carbonyl (C=O) groups excluding carboxylic acids is 2. The van der Waals surface area contributed by atoms with E-state index in [4.69, 9.17) is 18.9 Å². The summed E-state index contributed by atoms with van der Waals surface area (Å²) >= 11 is 0. The average Bonchev–Trinajstić information content (AvgIpc) is 2.85. The van der Waals surface area contributed by atoms with Gasteiger partial charge in [-0.05, 0) is 70.4 Å². The minimum absolute atomic E-state index is 0.0374. The van der Waals surface area contributed by atoms with E-state index in [1.54, 1.807) is 36.4 Å². The van der Waals surface area contributed by atoms with E-state index in [2.05, 4.69) is 5.32 Å². The molecule has 3 rings (SSSR count). The number of anilines is 1.